The van der Waals surface area contributed by atoms with Gasteiger partial charge in [0.05, 0.1) is 12.7 Å². The summed E-state index contributed by atoms with van der Waals surface area (Å²) >= 11 is 0. The van der Waals surface area contributed by atoms with Gasteiger partial charge in [0.2, 0.25) is 0 Å². The summed E-state index contributed by atoms with van der Waals surface area (Å²) in [6.45, 7) is 3.44. The number of aromatic amines is 1. The Bertz CT molecular complexity index is 573. The van der Waals surface area contributed by atoms with Crippen molar-refractivity contribution >= 4 is 11.5 Å². The maximum Gasteiger partial charge on any atom is 0.330 e. The zero-order chi connectivity index (χ0) is 15.2. The lowest BCUT2D eigenvalue weighted by Gasteiger charge is -2.14. The monoisotopic (exact) mass is 296 g/mol. The Morgan fingerprint density at radius 3 is 2.76 bits per heavy atom. The molecule has 0 bridgehead atoms. The first-order valence-electron chi connectivity index (χ1n) is 7.61. The molecule has 1 fully saturated rings. The first kappa shape index (κ1) is 15.6. The van der Waals surface area contributed by atoms with Gasteiger partial charge in [-0.1, -0.05) is 19.8 Å². The number of hydrogen-bond acceptors (Lipinski definition) is 5. The molecule has 1 saturated carbocycles. The third-order valence-corrected chi connectivity index (χ3v) is 3.75. The van der Waals surface area contributed by atoms with E-state index in [9.17, 15) is 9.59 Å². The van der Waals surface area contributed by atoms with Crippen molar-refractivity contribution in [2.24, 2.45) is 0 Å². The molecule has 0 atom stereocenters. The summed E-state index contributed by atoms with van der Waals surface area (Å²) in [5.74, 6) is 0.187. The zero-order valence-electron chi connectivity index (χ0n) is 12.5. The van der Waals surface area contributed by atoms with E-state index in [2.05, 4.69) is 10.3 Å². The van der Waals surface area contributed by atoms with E-state index in [0.29, 0.717) is 25.8 Å². The van der Waals surface area contributed by atoms with Crippen LogP contribution in [-0.4, -0.2) is 28.8 Å². The lowest BCUT2D eigenvalue weighted by atomic mass is 10.3. The van der Waals surface area contributed by atoms with Crippen molar-refractivity contribution < 1.29 is 4.74 Å². The van der Waals surface area contributed by atoms with Gasteiger partial charge in [-0.25, -0.2) is 4.79 Å². The zero-order valence-corrected chi connectivity index (χ0v) is 12.5. The van der Waals surface area contributed by atoms with Crippen LogP contribution in [0, 0.1) is 0 Å². The molecule has 7 nitrogen and oxygen atoms in total. The van der Waals surface area contributed by atoms with Gasteiger partial charge in [0.25, 0.3) is 5.56 Å². The summed E-state index contributed by atoms with van der Waals surface area (Å²) in [4.78, 5) is 25.8. The van der Waals surface area contributed by atoms with Crippen LogP contribution in [0.3, 0.4) is 0 Å². The van der Waals surface area contributed by atoms with Gasteiger partial charge >= 0.3 is 5.69 Å². The van der Waals surface area contributed by atoms with E-state index < -0.39 is 11.2 Å². The summed E-state index contributed by atoms with van der Waals surface area (Å²) in [5, 5.41) is 2.98. The molecular formula is C14H24N4O3. The van der Waals surface area contributed by atoms with Crippen molar-refractivity contribution in [3.05, 3.63) is 20.8 Å². The number of rotatable bonds is 7. The number of aromatic nitrogens is 2. The van der Waals surface area contributed by atoms with Gasteiger partial charge < -0.3 is 15.8 Å². The molecule has 118 valence electrons. The Kier molecular flexibility index (Phi) is 5.44. The molecule has 0 radical (unpaired) electrons. The van der Waals surface area contributed by atoms with Gasteiger partial charge in [-0.05, 0) is 19.3 Å². The van der Waals surface area contributed by atoms with Crippen molar-refractivity contribution in [3.8, 4) is 0 Å². The molecule has 0 aromatic carbocycles. The van der Waals surface area contributed by atoms with Crippen LogP contribution >= 0.6 is 0 Å². The van der Waals surface area contributed by atoms with E-state index in [1.165, 1.54) is 17.4 Å². The van der Waals surface area contributed by atoms with Crippen molar-refractivity contribution in [2.45, 2.75) is 51.7 Å². The number of hydrogen-bond donors (Lipinski definition) is 3. The quantitative estimate of drug-likeness (QED) is 0.649. The Balaban J connectivity index is 1.97. The Hall–Kier alpha value is -1.76. The van der Waals surface area contributed by atoms with E-state index in [0.717, 1.165) is 19.3 Å². The minimum Gasteiger partial charge on any atom is -0.383 e. The predicted octanol–water partition coefficient (Wildman–Crippen LogP) is 0.900. The number of nitrogen functional groups attached to an aromatic ring is 1. The van der Waals surface area contributed by atoms with Crippen LogP contribution in [0.5, 0.6) is 0 Å². The third-order valence-electron chi connectivity index (χ3n) is 3.75. The maximum absolute atomic E-state index is 11.8. The molecule has 1 heterocycles. The molecule has 7 heteroatoms. The molecule has 4 N–H and O–H groups in total. The summed E-state index contributed by atoms with van der Waals surface area (Å²) < 4.78 is 7.10. The van der Waals surface area contributed by atoms with Crippen LogP contribution in [-0.2, 0) is 11.3 Å². The Labute approximate surface area is 123 Å². The number of H-pyrrole nitrogens is 1. The maximum atomic E-state index is 11.8. The summed E-state index contributed by atoms with van der Waals surface area (Å²) in [6.07, 6.45) is 5.80. The minimum atomic E-state index is -0.481. The van der Waals surface area contributed by atoms with Crippen LogP contribution in [0.2, 0.25) is 0 Å². The van der Waals surface area contributed by atoms with Crippen LogP contribution in [0.4, 0.5) is 11.5 Å². The van der Waals surface area contributed by atoms with Crippen molar-refractivity contribution in [1.82, 2.24) is 9.55 Å². The molecule has 21 heavy (non-hydrogen) atoms. The molecule has 0 saturated heterocycles. The summed E-state index contributed by atoms with van der Waals surface area (Å²) in [6, 6.07) is 0. The van der Waals surface area contributed by atoms with Crippen molar-refractivity contribution in [3.63, 3.8) is 0 Å². The van der Waals surface area contributed by atoms with Crippen LogP contribution in [0.1, 0.15) is 39.0 Å². The molecular weight excluding hydrogens is 272 g/mol. The Morgan fingerprint density at radius 2 is 2.10 bits per heavy atom. The van der Waals surface area contributed by atoms with E-state index in [-0.39, 0.29) is 11.5 Å². The van der Waals surface area contributed by atoms with Crippen LogP contribution in [0.15, 0.2) is 9.59 Å². The van der Waals surface area contributed by atoms with Crippen molar-refractivity contribution in [2.75, 3.05) is 24.2 Å². The highest BCUT2D eigenvalue weighted by molar-refractivity contribution is 5.60. The molecule has 1 aliphatic rings. The number of nitrogens with two attached hydrogens (primary N) is 1. The summed E-state index contributed by atoms with van der Waals surface area (Å²) in [7, 11) is 0. The lowest BCUT2D eigenvalue weighted by molar-refractivity contribution is 0.0659. The van der Waals surface area contributed by atoms with E-state index >= 15 is 0 Å². The SMILES string of the molecule is CCCn1c(N)c(NCCOC2CCCC2)c(=O)[nH]c1=O. The van der Waals surface area contributed by atoms with E-state index in [4.69, 9.17) is 10.5 Å². The van der Waals surface area contributed by atoms with Gasteiger partial charge in [-0.15, -0.1) is 0 Å². The largest absolute Gasteiger partial charge is 0.383 e. The molecule has 1 aromatic heterocycles. The molecule has 0 aliphatic heterocycles. The molecule has 1 aliphatic carbocycles. The second kappa shape index (κ2) is 7.31. The molecule has 2 rings (SSSR count). The average molecular weight is 296 g/mol. The van der Waals surface area contributed by atoms with E-state index in [1.807, 2.05) is 6.92 Å². The van der Waals surface area contributed by atoms with Gasteiger partial charge in [0.1, 0.15) is 11.5 Å². The normalized spacial score (nSPS) is 15.5. The number of nitrogens with one attached hydrogen (secondary N) is 2. The smallest absolute Gasteiger partial charge is 0.330 e. The fourth-order valence-corrected chi connectivity index (χ4v) is 2.66. The van der Waals surface area contributed by atoms with Gasteiger partial charge in [0.15, 0.2) is 0 Å². The first-order chi connectivity index (χ1) is 10.1. The highest BCUT2D eigenvalue weighted by Gasteiger charge is 2.15. The fourth-order valence-electron chi connectivity index (χ4n) is 2.66. The van der Waals surface area contributed by atoms with Crippen LogP contribution in [0.25, 0.3) is 0 Å². The number of ether oxygens (including phenoxy) is 1. The molecule has 1 aromatic rings. The fraction of sp³-hybridized carbons (Fsp3) is 0.714. The molecule has 0 spiro atoms. The average Bonchev–Trinajstić information content (AvgIpc) is 2.95. The number of nitrogens with zero attached hydrogens (tertiary/aromatic N) is 1. The molecule has 0 unspecified atom stereocenters. The topological polar surface area (TPSA) is 102 Å². The predicted molar refractivity (Wildman–Crippen MR) is 82.7 cm³/mol. The van der Waals surface area contributed by atoms with Gasteiger partial charge in [-0.3, -0.25) is 14.3 Å². The standard InChI is InChI=1S/C14H24N4O3/c1-2-8-18-12(15)11(13(19)17-14(18)20)16-7-9-21-10-5-3-4-6-10/h10,16H,2-9,15H2,1H3,(H,17,19,20). The molecule has 0 amide bonds. The van der Waals surface area contributed by atoms with E-state index in [1.54, 1.807) is 0 Å². The third kappa shape index (κ3) is 3.87. The minimum absolute atomic E-state index is 0.187. The van der Waals surface area contributed by atoms with Gasteiger partial charge in [-0.2, -0.15) is 0 Å². The van der Waals surface area contributed by atoms with Crippen molar-refractivity contribution in [1.29, 1.82) is 0 Å². The van der Waals surface area contributed by atoms with Gasteiger partial charge in [0, 0.05) is 13.1 Å². The number of anilines is 2. The Morgan fingerprint density at radius 1 is 1.38 bits per heavy atom. The second-order valence-corrected chi connectivity index (χ2v) is 5.38. The highest BCUT2D eigenvalue weighted by Crippen LogP contribution is 2.20. The van der Waals surface area contributed by atoms with Crippen LogP contribution < -0.4 is 22.3 Å². The second-order valence-electron chi connectivity index (χ2n) is 5.38. The first-order valence-corrected chi connectivity index (χ1v) is 7.61. The lowest BCUT2D eigenvalue weighted by Crippen LogP contribution is -2.34. The summed E-state index contributed by atoms with van der Waals surface area (Å²) in [5.41, 5.74) is 5.22. The highest BCUT2D eigenvalue weighted by atomic mass is 16.5.